The zero-order valence-corrected chi connectivity index (χ0v) is 30.9. The fraction of sp³-hybridized carbons (Fsp3) is 0. The monoisotopic (exact) mass is 751 g/mol. The number of rotatable bonds is 8. The molecule has 0 atom stereocenters. The van der Waals surface area contributed by atoms with E-state index < -0.39 is 47.6 Å². The Morgan fingerprint density at radius 1 is 0.538 bits per heavy atom. The van der Waals surface area contributed by atoms with Crippen molar-refractivity contribution in [1.82, 2.24) is 6.15 Å². The number of anilines is 2. The van der Waals surface area contributed by atoms with E-state index in [-0.39, 0.29) is 80.0 Å². The summed E-state index contributed by atoms with van der Waals surface area (Å²) in [4.78, 5) is 11.5. The minimum absolute atomic E-state index is 0. The summed E-state index contributed by atoms with van der Waals surface area (Å²) in [6.07, 6.45) is 0. The van der Waals surface area contributed by atoms with Crippen LogP contribution in [0.1, 0.15) is 0 Å². The molecule has 2 amide bonds. The van der Waals surface area contributed by atoms with Gasteiger partial charge < -0.3 is 36.1 Å². The molecule has 19 heteroatoms. The standard InChI is InChI=1S/C33H24N6O9S2.H3N.Na/c40-31-23-13-11-21(15-25(23)29(49(43,44)45)17-27(31)38-36-19-7-3-1-4-8-19)34-33(42)35-22-12-14-24-26(16-22)30(50(46,47)48)18-28(32(24)41)39-37-20-9-5-2-6-10-20;;/h1-18,40-41H,(H2,34,35,42)(H,43,44,45)(H,46,47,48);1H3;/q;;+1/p-1. The molecule has 0 aliphatic rings. The van der Waals surface area contributed by atoms with Crippen LogP contribution >= 0.6 is 0 Å². The van der Waals surface area contributed by atoms with Gasteiger partial charge in [0.05, 0.1) is 21.2 Å². The smallest absolute Gasteiger partial charge is 0.744 e. The first-order valence-corrected chi connectivity index (χ1v) is 17.1. The first-order valence-electron chi connectivity index (χ1n) is 14.3. The summed E-state index contributed by atoms with van der Waals surface area (Å²) >= 11 is 0. The number of nitrogens with zero attached hydrogens (tertiary/aromatic N) is 4. The van der Waals surface area contributed by atoms with Crippen molar-refractivity contribution in [1.29, 1.82) is 0 Å². The predicted octanol–water partition coefficient (Wildman–Crippen LogP) is 5.07. The van der Waals surface area contributed by atoms with E-state index in [1.807, 2.05) is 0 Å². The molecule has 6 aromatic carbocycles. The summed E-state index contributed by atoms with van der Waals surface area (Å²) in [5.74, 6) is -0.923. The van der Waals surface area contributed by atoms with Gasteiger partial charge in [0.1, 0.15) is 31.6 Å². The molecule has 0 spiro atoms. The number of fused-ring (bicyclic) bond motifs is 2. The van der Waals surface area contributed by atoms with E-state index in [2.05, 4.69) is 31.1 Å². The molecule has 0 bridgehead atoms. The Balaban J connectivity index is 0.00000302. The number of amides is 2. The minimum atomic E-state index is -5.11. The van der Waals surface area contributed by atoms with Gasteiger partial charge in [0.15, 0.2) is 11.5 Å². The number of phenolic OH excluding ortho intramolecular Hbond substituents is 2. The average Bonchev–Trinajstić information content (AvgIpc) is 3.07. The Morgan fingerprint density at radius 3 is 1.25 bits per heavy atom. The van der Waals surface area contributed by atoms with Crippen LogP contribution in [-0.4, -0.2) is 42.2 Å². The molecule has 6 rings (SSSR count). The van der Waals surface area contributed by atoms with Crippen LogP contribution in [0.3, 0.4) is 0 Å². The predicted molar refractivity (Wildman–Crippen MR) is 187 cm³/mol. The molecule has 52 heavy (non-hydrogen) atoms. The Morgan fingerprint density at radius 2 is 0.904 bits per heavy atom. The van der Waals surface area contributed by atoms with Gasteiger partial charge in [-0.25, -0.2) is 21.6 Å². The van der Waals surface area contributed by atoms with Gasteiger partial charge in [0.2, 0.25) is 0 Å². The number of carbonyl (C=O) groups is 1. The van der Waals surface area contributed by atoms with Gasteiger partial charge >= 0.3 is 35.6 Å². The molecular formula is C33H26N7NaO9S2. The van der Waals surface area contributed by atoms with Crippen LogP contribution < -0.4 is 46.3 Å². The molecule has 0 heterocycles. The topological polar surface area (TPSA) is 282 Å². The second-order valence-electron chi connectivity index (χ2n) is 10.6. The SMILES string of the molecule is O=C(Nc1ccc2c(O)c(N=Nc3ccccc3)cc(S(=O)(=O)[O-])c2c1)Nc1ccc2c(O)c(N=Nc3ccccc3)cc(S(=O)(=O)[O-])c2c1.[NH4+].[Na+]. The zero-order chi connectivity index (χ0) is 35.6. The first kappa shape index (κ1) is 39.5. The Labute approximate surface area is 318 Å². The summed E-state index contributed by atoms with van der Waals surface area (Å²) in [5, 5.41) is 41.8. The Bertz CT molecular complexity index is 2410. The molecule has 0 aliphatic heterocycles. The van der Waals surface area contributed by atoms with Crippen LogP contribution in [-0.2, 0) is 20.2 Å². The van der Waals surface area contributed by atoms with Gasteiger partial charge in [-0.2, -0.15) is 10.2 Å². The number of hydrogen-bond acceptors (Lipinski definition) is 13. The van der Waals surface area contributed by atoms with Crippen LogP contribution in [0.15, 0.2) is 139 Å². The van der Waals surface area contributed by atoms with E-state index in [4.69, 9.17) is 0 Å². The maximum atomic E-state index is 13.0. The van der Waals surface area contributed by atoms with Crippen LogP contribution in [0.5, 0.6) is 11.5 Å². The maximum Gasteiger partial charge on any atom is 1.00 e. The van der Waals surface area contributed by atoms with Crippen molar-refractivity contribution in [3.63, 3.8) is 0 Å². The second kappa shape index (κ2) is 15.9. The number of nitrogens with one attached hydrogen (secondary N) is 2. The molecule has 8 N–H and O–H groups in total. The first-order chi connectivity index (χ1) is 23.8. The van der Waals surface area contributed by atoms with Gasteiger partial charge in [0.25, 0.3) is 0 Å². The van der Waals surface area contributed by atoms with Gasteiger partial charge in [-0.1, -0.05) is 36.4 Å². The molecule has 0 radical (unpaired) electrons. The van der Waals surface area contributed by atoms with Crippen molar-refractivity contribution >= 4 is 81.9 Å². The molecule has 6 aromatic rings. The minimum Gasteiger partial charge on any atom is -0.744 e. The van der Waals surface area contributed by atoms with E-state index in [1.165, 1.54) is 24.3 Å². The summed E-state index contributed by atoms with van der Waals surface area (Å²) < 4.78 is 73.2. The average molecular weight is 752 g/mol. The molecule has 260 valence electrons. The number of benzene rings is 6. The number of aromatic hydroxyl groups is 2. The van der Waals surface area contributed by atoms with Crippen LogP contribution in [0.25, 0.3) is 21.5 Å². The van der Waals surface area contributed by atoms with Crippen molar-refractivity contribution in [3.05, 3.63) is 109 Å². The molecular weight excluding hydrogens is 726 g/mol. The number of quaternary nitrogens is 1. The number of phenols is 2. The third-order valence-corrected chi connectivity index (χ3v) is 8.97. The van der Waals surface area contributed by atoms with Gasteiger partial charge in [0, 0.05) is 32.9 Å². The summed E-state index contributed by atoms with van der Waals surface area (Å²) in [5.41, 5.74) is 0.284. The summed E-state index contributed by atoms with van der Waals surface area (Å²) in [7, 11) is -10.2. The normalized spacial score (nSPS) is 11.7. The van der Waals surface area contributed by atoms with Crippen molar-refractivity contribution in [2.75, 3.05) is 10.6 Å². The van der Waals surface area contributed by atoms with Gasteiger partial charge in [-0.05, 0) is 72.8 Å². The molecule has 0 saturated heterocycles. The molecule has 16 nitrogen and oxygen atoms in total. The van der Waals surface area contributed by atoms with Crippen molar-refractivity contribution in [2.24, 2.45) is 20.5 Å². The van der Waals surface area contributed by atoms with Crippen LogP contribution in [0.2, 0.25) is 0 Å². The van der Waals surface area contributed by atoms with E-state index in [9.17, 15) is 40.9 Å². The largest absolute Gasteiger partial charge is 1.00 e. The fourth-order valence-electron chi connectivity index (χ4n) is 4.95. The zero-order valence-electron chi connectivity index (χ0n) is 27.2. The number of hydrogen-bond donors (Lipinski definition) is 5. The van der Waals surface area contributed by atoms with E-state index in [1.54, 1.807) is 60.7 Å². The fourth-order valence-corrected chi connectivity index (χ4v) is 6.34. The Kier molecular flexibility index (Phi) is 12.1. The molecule has 0 unspecified atom stereocenters. The second-order valence-corrected chi connectivity index (χ2v) is 13.3. The maximum absolute atomic E-state index is 13.0. The van der Waals surface area contributed by atoms with Crippen LogP contribution in [0.4, 0.5) is 38.9 Å². The third-order valence-electron chi connectivity index (χ3n) is 7.21. The third kappa shape index (κ3) is 8.76. The van der Waals surface area contributed by atoms with Crippen molar-refractivity contribution in [3.8, 4) is 11.5 Å². The molecule has 0 saturated carbocycles. The van der Waals surface area contributed by atoms with E-state index >= 15 is 0 Å². The van der Waals surface area contributed by atoms with E-state index in [0.29, 0.717) is 11.4 Å². The summed E-state index contributed by atoms with van der Waals surface area (Å²) in [6, 6.07) is 25.2. The van der Waals surface area contributed by atoms with E-state index in [0.717, 1.165) is 24.3 Å². The van der Waals surface area contributed by atoms with Gasteiger partial charge in [-0.3, -0.25) is 0 Å². The molecule has 0 aliphatic carbocycles. The number of urea groups is 1. The summed E-state index contributed by atoms with van der Waals surface area (Å²) in [6.45, 7) is 0. The number of azo groups is 2. The van der Waals surface area contributed by atoms with Crippen molar-refractivity contribution in [2.45, 2.75) is 9.79 Å². The molecule has 0 aromatic heterocycles. The molecule has 0 fully saturated rings. The van der Waals surface area contributed by atoms with Crippen molar-refractivity contribution < 1.29 is 70.5 Å². The van der Waals surface area contributed by atoms with Gasteiger partial charge in [-0.15, -0.1) is 10.2 Å². The Hall–Kier alpha value is -5.31. The quantitative estimate of drug-likeness (QED) is 0.0787. The number of carbonyl (C=O) groups excluding carboxylic acids is 1. The van der Waals surface area contributed by atoms with Crippen LogP contribution in [0, 0.1) is 0 Å².